The van der Waals surface area contributed by atoms with E-state index in [9.17, 15) is 9.59 Å². The summed E-state index contributed by atoms with van der Waals surface area (Å²) in [6.45, 7) is 2.27. The molecule has 0 bridgehead atoms. The van der Waals surface area contributed by atoms with Crippen molar-refractivity contribution in [2.75, 3.05) is 12.4 Å². The minimum absolute atomic E-state index is 0.196. The fraction of sp³-hybridized carbons (Fsp3) is 0.150. The lowest BCUT2D eigenvalue weighted by Crippen LogP contribution is -2.28. The molecule has 1 heterocycles. The number of pyridine rings is 1. The molecule has 0 aliphatic carbocycles. The molecular formula is C20H20N4O2. The molecule has 0 aliphatic heterocycles. The monoisotopic (exact) mass is 348 g/mol. The van der Waals surface area contributed by atoms with Gasteiger partial charge in [-0.05, 0) is 48.4 Å². The van der Waals surface area contributed by atoms with Crippen molar-refractivity contribution in [2.45, 2.75) is 13.5 Å². The summed E-state index contributed by atoms with van der Waals surface area (Å²) < 4.78 is 0. The molecule has 0 unspecified atom stereocenters. The Morgan fingerprint density at radius 1 is 1.08 bits per heavy atom. The molecule has 0 fully saturated rings. The normalized spacial score (nSPS) is 10.4. The lowest BCUT2D eigenvalue weighted by Gasteiger charge is -2.11. The number of aryl methyl sites for hydroxylation is 1. The number of rotatable bonds is 4. The van der Waals surface area contributed by atoms with E-state index in [0.717, 1.165) is 22.0 Å². The van der Waals surface area contributed by atoms with Crippen molar-refractivity contribution in [1.29, 1.82) is 0 Å². The third-order valence-electron chi connectivity index (χ3n) is 4.10. The van der Waals surface area contributed by atoms with Crippen molar-refractivity contribution in [1.82, 2.24) is 15.6 Å². The third-order valence-corrected chi connectivity index (χ3v) is 4.10. The summed E-state index contributed by atoms with van der Waals surface area (Å²) in [5.41, 5.74) is 3.88. The van der Waals surface area contributed by atoms with Crippen molar-refractivity contribution in [2.24, 2.45) is 0 Å². The minimum atomic E-state index is -0.326. The molecule has 0 atom stereocenters. The summed E-state index contributed by atoms with van der Waals surface area (Å²) in [6.07, 6.45) is 1.75. The van der Waals surface area contributed by atoms with Gasteiger partial charge in [0.05, 0.1) is 5.52 Å². The fourth-order valence-electron chi connectivity index (χ4n) is 2.63. The Morgan fingerprint density at radius 2 is 1.92 bits per heavy atom. The standard InChI is InChI=1S/C20H20N4O2/c1-13-5-7-16(19(25)21-2)11-18(13)24-20(26)23-12-14-6-8-17-15(10-14)4-3-9-22-17/h3-11H,12H2,1-2H3,(H,21,25)(H2,23,24,26). The zero-order chi connectivity index (χ0) is 18.5. The van der Waals surface area contributed by atoms with E-state index in [2.05, 4.69) is 20.9 Å². The highest BCUT2D eigenvalue weighted by Gasteiger charge is 2.09. The zero-order valence-electron chi connectivity index (χ0n) is 14.7. The van der Waals surface area contributed by atoms with Crippen molar-refractivity contribution in [3.63, 3.8) is 0 Å². The summed E-state index contributed by atoms with van der Waals surface area (Å²) in [6, 6.07) is 14.6. The Hall–Kier alpha value is -3.41. The number of aromatic nitrogens is 1. The third kappa shape index (κ3) is 3.97. The number of benzene rings is 2. The number of fused-ring (bicyclic) bond motifs is 1. The number of amides is 3. The molecule has 0 radical (unpaired) electrons. The predicted octanol–water partition coefficient (Wildman–Crippen LogP) is 3.22. The van der Waals surface area contributed by atoms with Crippen molar-refractivity contribution < 1.29 is 9.59 Å². The molecule has 0 saturated carbocycles. The average molecular weight is 348 g/mol. The first-order valence-electron chi connectivity index (χ1n) is 8.28. The Labute approximate surface area is 151 Å². The van der Waals surface area contributed by atoms with E-state index in [1.807, 2.05) is 37.3 Å². The van der Waals surface area contributed by atoms with Gasteiger partial charge in [-0.2, -0.15) is 0 Å². The van der Waals surface area contributed by atoms with E-state index >= 15 is 0 Å². The number of nitrogens with one attached hydrogen (secondary N) is 3. The van der Waals surface area contributed by atoms with Crippen LogP contribution in [0.4, 0.5) is 10.5 Å². The second kappa shape index (κ2) is 7.65. The molecule has 3 rings (SSSR count). The first kappa shape index (κ1) is 17.4. The van der Waals surface area contributed by atoms with E-state index in [4.69, 9.17) is 0 Å². The van der Waals surface area contributed by atoms with Gasteiger partial charge < -0.3 is 16.0 Å². The number of nitrogens with zero attached hydrogens (tertiary/aromatic N) is 1. The number of urea groups is 1. The van der Waals surface area contributed by atoms with Gasteiger partial charge in [-0.25, -0.2) is 4.79 Å². The topological polar surface area (TPSA) is 83.1 Å². The highest BCUT2D eigenvalue weighted by atomic mass is 16.2. The molecule has 0 aliphatic rings. The summed E-state index contributed by atoms with van der Waals surface area (Å²) in [5.74, 6) is -0.196. The van der Waals surface area contributed by atoms with Crippen LogP contribution in [-0.4, -0.2) is 24.0 Å². The highest BCUT2D eigenvalue weighted by Crippen LogP contribution is 2.17. The van der Waals surface area contributed by atoms with Gasteiger partial charge in [0.2, 0.25) is 0 Å². The molecule has 132 valence electrons. The van der Waals surface area contributed by atoms with Crippen LogP contribution in [0.1, 0.15) is 21.5 Å². The molecule has 6 heteroatoms. The van der Waals surface area contributed by atoms with Gasteiger partial charge in [-0.15, -0.1) is 0 Å². The number of hydrogen-bond donors (Lipinski definition) is 3. The first-order chi connectivity index (χ1) is 12.6. The maximum absolute atomic E-state index is 12.2. The lowest BCUT2D eigenvalue weighted by atomic mass is 10.1. The van der Waals surface area contributed by atoms with Gasteiger partial charge in [0.15, 0.2) is 0 Å². The molecule has 0 saturated heterocycles. The van der Waals surface area contributed by atoms with Crippen LogP contribution in [0.5, 0.6) is 0 Å². The van der Waals surface area contributed by atoms with Crippen LogP contribution in [-0.2, 0) is 6.54 Å². The van der Waals surface area contributed by atoms with Gasteiger partial charge in [0, 0.05) is 36.4 Å². The molecule has 3 aromatic rings. The quantitative estimate of drug-likeness (QED) is 0.677. The number of carbonyl (C=O) groups excluding carboxylic acids is 2. The van der Waals surface area contributed by atoms with Crippen molar-refractivity contribution in [3.8, 4) is 0 Å². The summed E-state index contributed by atoms with van der Waals surface area (Å²) in [7, 11) is 1.57. The smallest absolute Gasteiger partial charge is 0.319 e. The second-order valence-electron chi connectivity index (χ2n) is 5.95. The van der Waals surface area contributed by atoms with Gasteiger partial charge >= 0.3 is 6.03 Å². The maximum atomic E-state index is 12.2. The van der Waals surface area contributed by atoms with Crippen LogP contribution in [0.25, 0.3) is 10.9 Å². The Kier molecular flexibility index (Phi) is 5.12. The first-order valence-corrected chi connectivity index (χ1v) is 8.28. The molecule has 26 heavy (non-hydrogen) atoms. The molecule has 1 aromatic heterocycles. The maximum Gasteiger partial charge on any atom is 0.319 e. The van der Waals surface area contributed by atoms with Gasteiger partial charge in [0.1, 0.15) is 0 Å². The summed E-state index contributed by atoms with van der Waals surface area (Å²) >= 11 is 0. The van der Waals surface area contributed by atoms with Crippen LogP contribution >= 0.6 is 0 Å². The lowest BCUT2D eigenvalue weighted by molar-refractivity contribution is 0.0963. The number of anilines is 1. The minimum Gasteiger partial charge on any atom is -0.355 e. The van der Waals surface area contributed by atoms with Crippen LogP contribution < -0.4 is 16.0 Å². The summed E-state index contributed by atoms with van der Waals surface area (Å²) in [5, 5.41) is 9.22. The molecule has 3 amide bonds. The van der Waals surface area contributed by atoms with Crippen LogP contribution in [0.15, 0.2) is 54.7 Å². The van der Waals surface area contributed by atoms with Gasteiger partial charge in [-0.1, -0.05) is 18.2 Å². The second-order valence-corrected chi connectivity index (χ2v) is 5.95. The molecule has 3 N–H and O–H groups in total. The Morgan fingerprint density at radius 3 is 2.73 bits per heavy atom. The van der Waals surface area contributed by atoms with Crippen LogP contribution in [0.3, 0.4) is 0 Å². The van der Waals surface area contributed by atoms with E-state index in [1.165, 1.54) is 0 Å². The zero-order valence-corrected chi connectivity index (χ0v) is 14.7. The SMILES string of the molecule is CNC(=O)c1ccc(C)c(NC(=O)NCc2ccc3ncccc3c2)c1. The van der Waals surface area contributed by atoms with Crippen molar-refractivity contribution in [3.05, 3.63) is 71.4 Å². The Bertz CT molecular complexity index is 969. The van der Waals surface area contributed by atoms with Crippen LogP contribution in [0.2, 0.25) is 0 Å². The van der Waals surface area contributed by atoms with E-state index in [0.29, 0.717) is 17.8 Å². The fourth-order valence-corrected chi connectivity index (χ4v) is 2.63. The Balaban J connectivity index is 1.66. The average Bonchev–Trinajstić information content (AvgIpc) is 2.67. The van der Waals surface area contributed by atoms with E-state index in [-0.39, 0.29) is 11.9 Å². The summed E-state index contributed by atoms with van der Waals surface area (Å²) in [4.78, 5) is 28.2. The van der Waals surface area contributed by atoms with E-state index in [1.54, 1.807) is 31.4 Å². The molecule has 6 nitrogen and oxygen atoms in total. The van der Waals surface area contributed by atoms with Gasteiger partial charge in [-0.3, -0.25) is 9.78 Å². The number of carbonyl (C=O) groups is 2. The highest BCUT2D eigenvalue weighted by molar-refractivity contribution is 5.97. The van der Waals surface area contributed by atoms with E-state index < -0.39 is 0 Å². The molecular weight excluding hydrogens is 328 g/mol. The molecule has 0 spiro atoms. The number of hydrogen-bond acceptors (Lipinski definition) is 3. The van der Waals surface area contributed by atoms with Gasteiger partial charge in [0.25, 0.3) is 5.91 Å². The van der Waals surface area contributed by atoms with Crippen molar-refractivity contribution >= 4 is 28.5 Å². The predicted molar refractivity (Wildman–Crippen MR) is 102 cm³/mol. The van der Waals surface area contributed by atoms with Crippen LogP contribution in [0, 0.1) is 6.92 Å². The molecule has 2 aromatic carbocycles. The largest absolute Gasteiger partial charge is 0.355 e.